The van der Waals surface area contributed by atoms with Crippen molar-refractivity contribution in [3.05, 3.63) is 113 Å². The molecule has 6 nitrogen and oxygen atoms in total. The molecule has 0 saturated heterocycles. The van der Waals surface area contributed by atoms with Gasteiger partial charge >= 0.3 is 6.18 Å². The monoisotopic (exact) mass is 508 g/mol. The van der Waals surface area contributed by atoms with E-state index in [2.05, 4.69) is 15.7 Å². The van der Waals surface area contributed by atoms with Gasteiger partial charge in [-0.25, -0.2) is 9.07 Å². The second kappa shape index (κ2) is 9.20. The smallest absolute Gasteiger partial charge is 0.339 e. The molecule has 2 heterocycles. The number of carbonyl (C=O) groups excluding carboxylic acids is 2. The van der Waals surface area contributed by atoms with Crippen LogP contribution in [0.2, 0.25) is 0 Å². The van der Waals surface area contributed by atoms with Crippen molar-refractivity contribution in [3.63, 3.8) is 0 Å². The zero-order valence-corrected chi connectivity index (χ0v) is 19.4. The third kappa shape index (κ3) is 4.57. The number of nitrogens with one attached hydrogen (secondary N) is 2. The molecule has 37 heavy (non-hydrogen) atoms. The van der Waals surface area contributed by atoms with Crippen molar-refractivity contribution in [2.45, 2.75) is 25.1 Å². The number of benzene rings is 3. The Bertz CT molecular complexity index is 1460. The highest BCUT2D eigenvalue weighted by Gasteiger charge is 2.42. The molecule has 0 radical (unpaired) electrons. The van der Waals surface area contributed by atoms with Gasteiger partial charge in [-0.05, 0) is 61.0 Å². The van der Waals surface area contributed by atoms with Crippen molar-refractivity contribution in [2.75, 3.05) is 5.32 Å². The van der Waals surface area contributed by atoms with Crippen LogP contribution >= 0.6 is 0 Å². The summed E-state index contributed by atoms with van der Waals surface area (Å²) in [6.07, 6.45) is -4.54. The van der Waals surface area contributed by atoms with E-state index in [1.807, 2.05) is 30.3 Å². The molecular formula is C27H20F4N4O2. The lowest BCUT2D eigenvalue weighted by Crippen LogP contribution is -2.50. The third-order valence-corrected chi connectivity index (χ3v) is 6.27. The number of aryl methyl sites for hydroxylation is 1. The molecule has 5 rings (SSSR count). The van der Waals surface area contributed by atoms with Crippen LogP contribution in [0.1, 0.15) is 38.7 Å². The molecule has 1 aromatic heterocycles. The number of alkyl halides is 3. The number of amides is 2. The third-order valence-electron chi connectivity index (χ3n) is 6.27. The van der Waals surface area contributed by atoms with Gasteiger partial charge in [-0.3, -0.25) is 9.59 Å². The molecule has 0 bridgehead atoms. The minimum Gasteiger partial charge on any atom is -0.339 e. The predicted octanol–water partition coefficient (Wildman–Crippen LogP) is 5.22. The molecule has 188 valence electrons. The predicted molar refractivity (Wildman–Crippen MR) is 128 cm³/mol. The van der Waals surface area contributed by atoms with Gasteiger partial charge in [0.1, 0.15) is 17.7 Å². The van der Waals surface area contributed by atoms with Crippen molar-refractivity contribution >= 4 is 17.6 Å². The van der Waals surface area contributed by atoms with Gasteiger partial charge in [-0.15, -0.1) is 0 Å². The number of halogens is 4. The number of anilines is 1. The van der Waals surface area contributed by atoms with E-state index in [1.165, 1.54) is 24.3 Å². The van der Waals surface area contributed by atoms with E-state index >= 15 is 0 Å². The maximum Gasteiger partial charge on any atom is 0.416 e. The van der Waals surface area contributed by atoms with E-state index in [0.29, 0.717) is 28.3 Å². The number of hydrogen-bond acceptors (Lipinski definition) is 3. The van der Waals surface area contributed by atoms with Crippen LogP contribution in [0, 0.1) is 12.7 Å². The first kappa shape index (κ1) is 24.2. The van der Waals surface area contributed by atoms with Crippen LogP contribution in [0.4, 0.5) is 23.4 Å². The Morgan fingerprint density at radius 2 is 1.62 bits per heavy atom. The van der Waals surface area contributed by atoms with Gasteiger partial charge in [0.2, 0.25) is 5.91 Å². The summed E-state index contributed by atoms with van der Waals surface area (Å²) in [5.74, 6) is -2.05. The molecule has 0 spiro atoms. The zero-order chi connectivity index (χ0) is 26.3. The summed E-state index contributed by atoms with van der Waals surface area (Å²) >= 11 is 0. The molecule has 2 amide bonds. The number of carbonyl (C=O) groups is 2. The largest absolute Gasteiger partial charge is 0.416 e. The van der Waals surface area contributed by atoms with Gasteiger partial charge in [0, 0.05) is 17.0 Å². The zero-order valence-electron chi connectivity index (χ0n) is 19.4. The fourth-order valence-electron chi connectivity index (χ4n) is 4.51. The van der Waals surface area contributed by atoms with Crippen molar-refractivity contribution in [1.82, 2.24) is 15.1 Å². The van der Waals surface area contributed by atoms with Crippen molar-refractivity contribution in [1.29, 1.82) is 0 Å². The molecule has 3 aromatic carbocycles. The van der Waals surface area contributed by atoms with Crippen LogP contribution in [-0.2, 0) is 11.0 Å². The van der Waals surface area contributed by atoms with Crippen LogP contribution < -0.4 is 10.6 Å². The summed E-state index contributed by atoms with van der Waals surface area (Å²) in [4.78, 5) is 26.4. The quantitative estimate of drug-likeness (QED) is 0.371. The van der Waals surface area contributed by atoms with Crippen molar-refractivity contribution in [3.8, 4) is 5.69 Å². The normalized spacial score (nSPS) is 17.2. The first-order valence-electron chi connectivity index (χ1n) is 11.3. The van der Waals surface area contributed by atoms with E-state index in [0.717, 1.165) is 24.3 Å². The minimum atomic E-state index is -4.54. The van der Waals surface area contributed by atoms with E-state index in [1.54, 1.807) is 11.6 Å². The Hall–Kier alpha value is -4.47. The van der Waals surface area contributed by atoms with Crippen molar-refractivity contribution < 1.29 is 27.2 Å². The van der Waals surface area contributed by atoms with Crippen LogP contribution in [0.3, 0.4) is 0 Å². The number of aromatic nitrogens is 2. The fourth-order valence-corrected chi connectivity index (χ4v) is 4.51. The maximum atomic E-state index is 13.7. The second-order valence-corrected chi connectivity index (χ2v) is 8.64. The van der Waals surface area contributed by atoms with Crippen LogP contribution in [-0.4, -0.2) is 27.6 Å². The van der Waals surface area contributed by atoms with Gasteiger partial charge < -0.3 is 10.6 Å². The number of para-hydroxylation sites is 1. The number of hydrogen-bond donors (Lipinski definition) is 2. The van der Waals surface area contributed by atoms with Crippen LogP contribution in [0.25, 0.3) is 5.69 Å². The number of fused-ring (bicyclic) bond motifs is 1. The average Bonchev–Trinajstić information content (AvgIpc) is 3.20. The summed E-state index contributed by atoms with van der Waals surface area (Å²) in [7, 11) is 0. The summed E-state index contributed by atoms with van der Waals surface area (Å²) in [5, 5.41) is 10.1. The summed E-state index contributed by atoms with van der Waals surface area (Å²) in [6.45, 7) is 1.76. The molecule has 0 saturated carbocycles. The van der Waals surface area contributed by atoms with Gasteiger partial charge in [-0.1, -0.05) is 30.3 Å². The molecule has 1 aliphatic heterocycles. The molecule has 2 atom stereocenters. The van der Waals surface area contributed by atoms with Gasteiger partial charge in [-0.2, -0.15) is 18.3 Å². The molecule has 2 N–H and O–H groups in total. The maximum absolute atomic E-state index is 13.7. The Morgan fingerprint density at radius 3 is 2.24 bits per heavy atom. The average molecular weight is 508 g/mol. The summed E-state index contributed by atoms with van der Waals surface area (Å²) < 4.78 is 54.1. The second-order valence-electron chi connectivity index (χ2n) is 8.64. The molecule has 10 heteroatoms. The van der Waals surface area contributed by atoms with Gasteiger partial charge in [0.25, 0.3) is 5.91 Å². The highest BCUT2D eigenvalue weighted by atomic mass is 19.4. The van der Waals surface area contributed by atoms with Crippen LogP contribution in [0.15, 0.2) is 78.9 Å². The lowest BCUT2D eigenvalue weighted by Gasteiger charge is -2.32. The minimum absolute atomic E-state index is 0.0406. The molecular weight excluding hydrogens is 488 g/mol. The summed E-state index contributed by atoms with van der Waals surface area (Å²) in [6, 6.07) is 17.3. The Morgan fingerprint density at radius 1 is 0.973 bits per heavy atom. The molecule has 4 aromatic rings. The topological polar surface area (TPSA) is 76.0 Å². The Labute approximate surface area is 208 Å². The lowest BCUT2D eigenvalue weighted by atomic mass is 9.82. The van der Waals surface area contributed by atoms with Gasteiger partial charge in [0.15, 0.2) is 0 Å². The first-order valence-corrected chi connectivity index (χ1v) is 11.3. The molecule has 0 aliphatic carbocycles. The SMILES string of the molecule is Cc1nn(-c2ccccc2)c2c1[C@H](c1ccc(F)cc1)[C@H](NC(=O)c1ccc(C(F)(F)F)cc1)C(=O)N2. The van der Waals surface area contributed by atoms with E-state index in [4.69, 9.17) is 0 Å². The van der Waals surface area contributed by atoms with Crippen LogP contribution in [0.5, 0.6) is 0 Å². The highest BCUT2D eigenvalue weighted by molar-refractivity contribution is 6.04. The number of nitrogens with zero attached hydrogens (tertiary/aromatic N) is 2. The Kier molecular flexibility index (Phi) is 6.02. The van der Waals surface area contributed by atoms with E-state index < -0.39 is 41.3 Å². The molecule has 0 unspecified atom stereocenters. The van der Waals surface area contributed by atoms with Crippen molar-refractivity contribution in [2.24, 2.45) is 0 Å². The number of rotatable bonds is 4. The van der Waals surface area contributed by atoms with E-state index in [-0.39, 0.29) is 5.56 Å². The molecule has 1 aliphatic rings. The standard InChI is InChI=1S/C27H20F4N4O2/c1-15-21-22(16-9-13-19(28)14-10-16)23(32-25(36)17-7-11-18(12-8-17)27(29,30)31)26(37)33-24(21)35(34-15)20-5-3-2-4-6-20/h2-14,22-23H,1H3,(H,32,36)(H,33,37)/t22-,23-/m0/s1. The summed E-state index contributed by atoms with van der Waals surface area (Å²) in [5.41, 5.74) is 1.55. The molecule has 0 fully saturated rings. The first-order chi connectivity index (χ1) is 17.6. The highest BCUT2D eigenvalue weighted by Crippen LogP contribution is 2.40. The van der Waals surface area contributed by atoms with E-state index in [9.17, 15) is 27.2 Å². The fraction of sp³-hybridized carbons (Fsp3) is 0.148. The van der Waals surface area contributed by atoms with Gasteiger partial charge in [0.05, 0.1) is 16.9 Å². The Balaban J connectivity index is 1.56. The lowest BCUT2D eigenvalue weighted by molar-refractivity contribution is -0.137.